The lowest BCUT2D eigenvalue weighted by molar-refractivity contribution is -0.121. The van der Waals surface area contributed by atoms with Gasteiger partial charge in [-0.05, 0) is 18.6 Å². The number of nitrogen functional groups attached to an aromatic ring is 1. The number of anilines is 1. The Labute approximate surface area is 99.9 Å². The summed E-state index contributed by atoms with van der Waals surface area (Å²) >= 11 is 0. The van der Waals surface area contributed by atoms with Crippen LogP contribution in [0, 0.1) is 6.92 Å². The fourth-order valence-corrected chi connectivity index (χ4v) is 1.40. The first-order valence-corrected chi connectivity index (χ1v) is 5.29. The van der Waals surface area contributed by atoms with Crippen molar-refractivity contribution >= 4 is 17.6 Å². The van der Waals surface area contributed by atoms with Crippen LogP contribution in [-0.2, 0) is 9.53 Å². The molecule has 0 fully saturated rings. The van der Waals surface area contributed by atoms with Crippen molar-refractivity contribution in [2.45, 2.75) is 13.3 Å². The van der Waals surface area contributed by atoms with Crippen molar-refractivity contribution in [2.24, 2.45) is 0 Å². The van der Waals surface area contributed by atoms with E-state index in [0.29, 0.717) is 11.3 Å². The van der Waals surface area contributed by atoms with Gasteiger partial charge in [-0.1, -0.05) is 12.1 Å². The molecule has 3 N–H and O–H groups in total. The molecular formula is C12H16N2O3. The second-order valence-corrected chi connectivity index (χ2v) is 3.60. The smallest absolute Gasteiger partial charge is 0.340 e. The molecule has 0 saturated carbocycles. The van der Waals surface area contributed by atoms with E-state index < -0.39 is 5.97 Å². The van der Waals surface area contributed by atoms with E-state index in [1.807, 2.05) is 0 Å². The average Bonchev–Trinajstić information content (AvgIpc) is 2.28. The Morgan fingerprint density at radius 2 is 2.12 bits per heavy atom. The first-order chi connectivity index (χ1) is 8.06. The summed E-state index contributed by atoms with van der Waals surface area (Å²) in [5.74, 6) is -0.667. The topological polar surface area (TPSA) is 81.4 Å². The maximum atomic E-state index is 11.7. The van der Waals surface area contributed by atoms with E-state index in [0.717, 1.165) is 5.56 Å². The molecule has 0 unspecified atom stereocenters. The highest BCUT2D eigenvalue weighted by Gasteiger charge is 2.14. The molecule has 0 aliphatic carbocycles. The minimum Gasteiger partial charge on any atom is -0.461 e. The molecule has 1 rings (SSSR count). The Bertz CT molecular complexity index is 410. The summed E-state index contributed by atoms with van der Waals surface area (Å²) in [6, 6.07) is 5.19. The van der Waals surface area contributed by atoms with Crippen LogP contribution >= 0.6 is 0 Å². The fraction of sp³-hybridized carbons (Fsp3) is 0.333. The number of amides is 1. The van der Waals surface area contributed by atoms with Gasteiger partial charge in [-0.15, -0.1) is 0 Å². The number of ether oxygens (including phenoxy) is 1. The van der Waals surface area contributed by atoms with Gasteiger partial charge in [0.15, 0.2) is 0 Å². The Balaban J connectivity index is 2.61. The quantitative estimate of drug-likeness (QED) is 0.600. The van der Waals surface area contributed by atoms with Crippen LogP contribution in [0.2, 0.25) is 0 Å². The molecule has 17 heavy (non-hydrogen) atoms. The van der Waals surface area contributed by atoms with Gasteiger partial charge in [0.1, 0.15) is 6.61 Å². The molecule has 1 amide bonds. The second-order valence-electron chi connectivity index (χ2n) is 3.60. The molecule has 92 valence electrons. The summed E-state index contributed by atoms with van der Waals surface area (Å²) in [6.45, 7) is 1.83. The number of benzene rings is 1. The minimum atomic E-state index is -0.496. The lowest BCUT2D eigenvalue weighted by Gasteiger charge is -2.09. The number of nitrogens with one attached hydrogen (secondary N) is 1. The van der Waals surface area contributed by atoms with E-state index in [4.69, 9.17) is 10.5 Å². The van der Waals surface area contributed by atoms with Crippen LogP contribution in [0.25, 0.3) is 0 Å². The molecule has 5 heteroatoms. The molecule has 1 aromatic rings. The number of hydrogen-bond acceptors (Lipinski definition) is 4. The van der Waals surface area contributed by atoms with Crippen LogP contribution in [0.1, 0.15) is 22.3 Å². The van der Waals surface area contributed by atoms with Gasteiger partial charge in [-0.2, -0.15) is 0 Å². The van der Waals surface area contributed by atoms with E-state index in [1.54, 1.807) is 25.1 Å². The van der Waals surface area contributed by atoms with Crippen molar-refractivity contribution in [1.82, 2.24) is 5.32 Å². The van der Waals surface area contributed by atoms with Crippen molar-refractivity contribution in [3.05, 3.63) is 29.3 Å². The molecule has 0 spiro atoms. The van der Waals surface area contributed by atoms with E-state index in [2.05, 4.69) is 5.32 Å². The SMILES string of the molecule is CNC(=O)CCOC(=O)c1c(C)cccc1N. The highest BCUT2D eigenvalue weighted by molar-refractivity contribution is 5.96. The van der Waals surface area contributed by atoms with Gasteiger partial charge >= 0.3 is 5.97 Å². The molecule has 5 nitrogen and oxygen atoms in total. The Morgan fingerprint density at radius 3 is 2.71 bits per heavy atom. The third-order valence-electron chi connectivity index (χ3n) is 2.35. The molecule has 0 bridgehead atoms. The number of hydrogen-bond donors (Lipinski definition) is 2. The zero-order chi connectivity index (χ0) is 12.8. The number of nitrogens with two attached hydrogens (primary N) is 1. The van der Waals surface area contributed by atoms with E-state index in [9.17, 15) is 9.59 Å². The molecule has 0 aliphatic rings. The Morgan fingerprint density at radius 1 is 1.41 bits per heavy atom. The highest BCUT2D eigenvalue weighted by Crippen LogP contribution is 2.17. The average molecular weight is 236 g/mol. The van der Waals surface area contributed by atoms with E-state index in [1.165, 1.54) is 7.05 Å². The number of aryl methyl sites for hydroxylation is 1. The lowest BCUT2D eigenvalue weighted by atomic mass is 10.1. The van der Waals surface area contributed by atoms with Gasteiger partial charge in [0, 0.05) is 12.7 Å². The number of esters is 1. The van der Waals surface area contributed by atoms with Gasteiger partial charge in [-0.3, -0.25) is 4.79 Å². The third kappa shape index (κ3) is 3.48. The molecule has 0 saturated heterocycles. The maximum absolute atomic E-state index is 11.7. The molecule has 0 aromatic heterocycles. The summed E-state index contributed by atoms with van der Waals surface area (Å²) < 4.78 is 4.98. The largest absolute Gasteiger partial charge is 0.461 e. The highest BCUT2D eigenvalue weighted by atomic mass is 16.5. The predicted octanol–water partition coefficient (Wildman–Crippen LogP) is 0.870. The molecular weight excluding hydrogens is 220 g/mol. The van der Waals surface area contributed by atoms with Gasteiger partial charge in [-0.25, -0.2) is 4.79 Å². The van der Waals surface area contributed by atoms with E-state index >= 15 is 0 Å². The van der Waals surface area contributed by atoms with Gasteiger partial charge in [0.2, 0.25) is 5.91 Å². The van der Waals surface area contributed by atoms with Crippen molar-refractivity contribution in [3.63, 3.8) is 0 Å². The lowest BCUT2D eigenvalue weighted by Crippen LogP contribution is -2.20. The zero-order valence-electron chi connectivity index (χ0n) is 9.95. The number of carbonyl (C=O) groups excluding carboxylic acids is 2. The van der Waals surface area contributed by atoms with Crippen LogP contribution in [0.4, 0.5) is 5.69 Å². The predicted molar refractivity (Wildman–Crippen MR) is 64.6 cm³/mol. The van der Waals surface area contributed by atoms with Crippen LogP contribution in [0.5, 0.6) is 0 Å². The summed E-state index contributed by atoms with van der Waals surface area (Å²) in [5.41, 5.74) is 7.21. The first kappa shape index (κ1) is 13.0. The van der Waals surface area contributed by atoms with Crippen molar-refractivity contribution in [3.8, 4) is 0 Å². The standard InChI is InChI=1S/C12H16N2O3/c1-8-4-3-5-9(13)11(8)12(16)17-7-6-10(15)14-2/h3-5H,6-7,13H2,1-2H3,(H,14,15). The van der Waals surface area contributed by atoms with Crippen LogP contribution in [0.3, 0.4) is 0 Å². The van der Waals surface area contributed by atoms with Crippen molar-refractivity contribution in [2.75, 3.05) is 19.4 Å². The fourth-order valence-electron chi connectivity index (χ4n) is 1.40. The second kappa shape index (κ2) is 5.89. The van der Waals surface area contributed by atoms with Crippen molar-refractivity contribution < 1.29 is 14.3 Å². The monoisotopic (exact) mass is 236 g/mol. The van der Waals surface area contributed by atoms with E-state index in [-0.39, 0.29) is 18.9 Å². The van der Waals surface area contributed by atoms with Gasteiger partial charge in [0.25, 0.3) is 0 Å². The minimum absolute atomic E-state index is 0.0479. The number of rotatable bonds is 4. The molecule has 1 aromatic carbocycles. The summed E-state index contributed by atoms with van der Waals surface area (Å²) in [5, 5.41) is 2.45. The summed E-state index contributed by atoms with van der Waals surface area (Å²) in [6.07, 6.45) is 0.147. The van der Waals surface area contributed by atoms with Crippen LogP contribution < -0.4 is 11.1 Å². The van der Waals surface area contributed by atoms with Gasteiger partial charge < -0.3 is 15.8 Å². The molecule has 0 aliphatic heterocycles. The first-order valence-electron chi connectivity index (χ1n) is 5.29. The normalized spacial score (nSPS) is 9.76. The molecule has 0 radical (unpaired) electrons. The maximum Gasteiger partial charge on any atom is 0.340 e. The van der Waals surface area contributed by atoms with Gasteiger partial charge in [0.05, 0.1) is 12.0 Å². The number of carbonyl (C=O) groups is 2. The summed E-state index contributed by atoms with van der Waals surface area (Å²) in [7, 11) is 1.53. The molecule has 0 heterocycles. The Hall–Kier alpha value is -2.04. The van der Waals surface area contributed by atoms with Crippen LogP contribution in [-0.4, -0.2) is 25.5 Å². The zero-order valence-corrected chi connectivity index (χ0v) is 9.95. The summed E-state index contributed by atoms with van der Waals surface area (Å²) in [4.78, 5) is 22.7. The Kier molecular flexibility index (Phi) is 4.51. The third-order valence-corrected chi connectivity index (χ3v) is 2.35. The van der Waals surface area contributed by atoms with Crippen LogP contribution in [0.15, 0.2) is 18.2 Å². The molecule has 0 atom stereocenters. The van der Waals surface area contributed by atoms with Crippen molar-refractivity contribution in [1.29, 1.82) is 0 Å².